The Morgan fingerprint density at radius 3 is 2.78 bits per heavy atom. The lowest BCUT2D eigenvalue weighted by molar-refractivity contribution is 0.0955. The molecule has 0 radical (unpaired) electrons. The van der Waals surface area contributed by atoms with E-state index in [9.17, 15) is 4.79 Å². The predicted molar refractivity (Wildman–Crippen MR) is 108 cm³/mol. The van der Waals surface area contributed by atoms with Gasteiger partial charge >= 0.3 is 0 Å². The molecule has 0 aliphatic heterocycles. The third-order valence-electron chi connectivity index (χ3n) is 4.05. The maximum absolute atomic E-state index is 12.3. The van der Waals surface area contributed by atoms with Crippen LogP contribution in [0.2, 0.25) is 0 Å². The van der Waals surface area contributed by atoms with E-state index in [1.54, 1.807) is 29.2 Å². The van der Waals surface area contributed by atoms with Crippen molar-refractivity contribution in [2.24, 2.45) is 12.1 Å². The van der Waals surface area contributed by atoms with Gasteiger partial charge in [0.05, 0.1) is 12.4 Å². The Morgan fingerprint density at radius 1 is 1.30 bits per heavy atom. The van der Waals surface area contributed by atoms with Gasteiger partial charge in [-0.2, -0.15) is 10.2 Å². The van der Waals surface area contributed by atoms with Gasteiger partial charge in [0, 0.05) is 28.3 Å². The van der Waals surface area contributed by atoms with Crippen LogP contribution in [0.5, 0.6) is 5.75 Å². The number of aryl methyl sites for hydroxylation is 1. The molecule has 0 saturated carbocycles. The number of hydrogen-bond acceptors (Lipinski definition) is 4. The number of benzene rings is 2. The van der Waals surface area contributed by atoms with Gasteiger partial charge in [0.25, 0.3) is 5.91 Å². The van der Waals surface area contributed by atoms with E-state index in [2.05, 4.69) is 31.6 Å². The predicted octanol–water partition coefficient (Wildman–Crippen LogP) is 3.83. The fourth-order valence-corrected chi connectivity index (χ4v) is 2.63. The highest BCUT2D eigenvalue weighted by molar-refractivity contribution is 9.10. The highest BCUT2D eigenvalue weighted by Crippen LogP contribution is 2.17. The summed E-state index contributed by atoms with van der Waals surface area (Å²) in [6.07, 6.45) is 3.28. The van der Waals surface area contributed by atoms with Crippen LogP contribution in [0.15, 0.2) is 64.3 Å². The van der Waals surface area contributed by atoms with Gasteiger partial charge < -0.3 is 4.74 Å². The van der Waals surface area contributed by atoms with Gasteiger partial charge in [-0.25, -0.2) is 5.43 Å². The third-order valence-corrected chi connectivity index (χ3v) is 4.58. The number of hydrazone groups is 1. The Bertz CT molecular complexity index is 964. The first-order chi connectivity index (χ1) is 13.0. The molecule has 1 aromatic heterocycles. The highest BCUT2D eigenvalue weighted by Gasteiger charge is 2.06. The smallest absolute Gasteiger partial charge is 0.271 e. The summed E-state index contributed by atoms with van der Waals surface area (Å²) in [6.45, 7) is 2.31. The van der Waals surface area contributed by atoms with Crippen LogP contribution < -0.4 is 10.2 Å². The Hall–Kier alpha value is -2.93. The van der Waals surface area contributed by atoms with E-state index < -0.39 is 0 Å². The molecule has 7 heteroatoms. The molecule has 0 aliphatic carbocycles. The molecule has 0 saturated heterocycles. The Kier molecular flexibility index (Phi) is 6.03. The lowest BCUT2D eigenvalue weighted by atomic mass is 10.1. The number of carbonyl (C=O) groups excluding carboxylic acids is 1. The molecule has 3 rings (SSSR count). The fourth-order valence-electron chi connectivity index (χ4n) is 2.37. The number of rotatable bonds is 6. The highest BCUT2D eigenvalue weighted by atomic mass is 79.9. The first kappa shape index (κ1) is 18.8. The molecule has 138 valence electrons. The molecule has 27 heavy (non-hydrogen) atoms. The van der Waals surface area contributed by atoms with Crippen LogP contribution >= 0.6 is 15.9 Å². The van der Waals surface area contributed by atoms with Crippen LogP contribution in [0.4, 0.5) is 0 Å². The average molecular weight is 427 g/mol. The van der Waals surface area contributed by atoms with E-state index in [4.69, 9.17) is 4.74 Å². The number of nitrogens with zero attached hydrogens (tertiary/aromatic N) is 3. The first-order valence-corrected chi connectivity index (χ1v) is 9.11. The van der Waals surface area contributed by atoms with Crippen LogP contribution in [-0.4, -0.2) is 21.9 Å². The fraction of sp³-hybridized carbons (Fsp3) is 0.150. The standard InChI is InChI=1S/C20H19BrN4O2/c1-14-17(12-23-25(14)2)11-22-24-20(26)16-5-3-4-15(10-16)13-27-19-8-6-18(21)7-9-19/h3-12H,13H2,1-2H3,(H,24,26). The summed E-state index contributed by atoms with van der Waals surface area (Å²) in [7, 11) is 1.85. The molecule has 0 aliphatic rings. The summed E-state index contributed by atoms with van der Waals surface area (Å²) in [6, 6.07) is 14.9. The van der Waals surface area contributed by atoms with Crippen molar-refractivity contribution < 1.29 is 9.53 Å². The normalized spacial score (nSPS) is 10.9. The van der Waals surface area contributed by atoms with Crippen molar-refractivity contribution in [2.75, 3.05) is 0 Å². The number of hydrogen-bond donors (Lipinski definition) is 1. The SMILES string of the molecule is Cc1c(C=NNC(=O)c2cccc(COc3ccc(Br)cc3)c2)cnn1C. The largest absolute Gasteiger partial charge is 0.489 e. The minimum atomic E-state index is -0.279. The molecule has 0 atom stereocenters. The van der Waals surface area contributed by atoms with Gasteiger partial charge in [0.2, 0.25) is 0 Å². The van der Waals surface area contributed by atoms with Gasteiger partial charge in [-0.05, 0) is 48.9 Å². The second-order valence-corrected chi connectivity index (χ2v) is 6.87. The summed E-state index contributed by atoms with van der Waals surface area (Å²) < 4.78 is 8.49. The van der Waals surface area contributed by atoms with E-state index in [1.807, 2.05) is 50.4 Å². The zero-order valence-corrected chi connectivity index (χ0v) is 16.6. The summed E-state index contributed by atoms with van der Waals surface area (Å²) in [5.74, 6) is 0.489. The number of amides is 1. The minimum absolute atomic E-state index is 0.279. The lowest BCUT2D eigenvalue weighted by Gasteiger charge is -2.07. The maximum Gasteiger partial charge on any atom is 0.271 e. The molecule has 1 amide bonds. The van der Waals surface area contributed by atoms with Crippen LogP contribution in [-0.2, 0) is 13.7 Å². The summed E-state index contributed by atoms with van der Waals surface area (Å²) >= 11 is 3.39. The number of carbonyl (C=O) groups is 1. The molecule has 0 fully saturated rings. The zero-order chi connectivity index (χ0) is 19.2. The van der Waals surface area contributed by atoms with E-state index >= 15 is 0 Å². The quantitative estimate of drug-likeness (QED) is 0.480. The lowest BCUT2D eigenvalue weighted by Crippen LogP contribution is -2.18. The summed E-state index contributed by atoms with van der Waals surface area (Å²) in [4.78, 5) is 12.3. The average Bonchev–Trinajstić information content (AvgIpc) is 3.00. The Labute approximate surface area is 166 Å². The topological polar surface area (TPSA) is 68.5 Å². The van der Waals surface area contributed by atoms with Crippen LogP contribution in [0.3, 0.4) is 0 Å². The van der Waals surface area contributed by atoms with Crippen LogP contribution in [0, 0.1) is 6.92 Å². The van der Waals surface area contributed by atoms with Crippen molar-refractivity contribution in [3.8, 4) is 5.75 Å². The number of nitrogens with one attached hydrogen (secondary N) is 1. The molecular weight excluding hydrogens is 408 g/mol. The van der Waals surface area contributed by atoms with Gasteiger partial charge in [0.1, 0.15) is 12.4 Å². The molecule has 0 unspecified atom stereocenters. The second kappa shape index (κ2) is 8.64. The van der Waals surface area contributed by atoms with E-state index in [0.29, 0.717) is 12.2 Å². The zero-order valence-electron chi connectivity index (χ0n) is 15.0. The van der Waals surface area contributed by atoms with Gasteiger partial charge in [0.15, 0.2) is 0 Å². The summed E-state index contributed by atoms with van der Waals surface area (Å²) in [5, 5.41) is 8.14. The molecule has 1 N–H and O–H groups in total. The van der Waals surface area contributed by atoms with E-state index in [0.717, 1.165) is 27.0 Å². The molecular formula is C20H19BrN4O2. The van der Waals surface area contributed by atoms with Crippen molar-refractivity contribution in [3.05, 3.63) is 81.6 Å². The van der Waals surface area contributed by atoms with Gasteiger partial charge in [-0.15, -0.1) is 0 Å². The van der Waals surface area contributed by atoms with Crippen molar-refractivity contribution in [3.63, 3.8) is 0 Å². The van der Waals surface area contributed by atoms with Crippen molar-refractivity contribution >= 4 is 28.1 Å². The van der Waals surface area contributed by atoms with Crippen molar-refractivity contribution in [1.29, 1.82) is 0 Å². The van der Waals surface area contributed by atoms with Crippen LogP contribution in [0.1, 0.15) is 27.2 Å². The third kappa shape index (κ3) is 5.04. The molecule has 1 heterocycles. The van der Waals surface area contributed by atoms with Crippen LogP contribution in [0.25, 0.3) is 0 Å². The first-order valence-electron chi connectivity index (χ1n) is 8.32. The van der Waals surface area contributed by atoms with Gasteiger partial charge in [-0.1, -0.05) is 28.1 Å². The van der Waals surface area contributed by atoms with E-state index in [1.165, 1.54) is 0 Å². The second-order valence-electron chi connectivity index (χ2n) is 5.95. The number of ether oxygens (including phenoxy) is 1. The van der Waals surface area contributed by atoms with Crippen molar-refractivity contribution in [2.45, 2.75) is 13.5 Å². The molecule has 2 aromatic carbocycles. The molecule has 0 spiro atoms. The molecule has 0 bridgehead atoms. The Morgan fingerprint density at radius 2 is 2.07 bits per heavy atom. The monoisotopic (exact) mass is 426 g/mol. The minimum Gasteiger partial charge on any atom is -0.489 e. The number of aromatic nitrogens is 2. The van der Waals surface area contributed by atoms with Crippen molar-refractivity contribution in [1.82, 2.24) is 15.2 Å². The number of halogens is 1. The molecule has 6 nitrogen and oxygen atoms in total. The summed E-state index contributed by atoms with van der Waals surface area (Å²) in [5.41, 5.74) is 5.79. The Balaban J connectivity index is 1.59. The van der Waals surface area contributed by atoms with E-state index in [-0.39, 0.29) is 5.91 Å². The van der Waals surface area contributed by atoms with Gasteiger partial charge in [-0.3, -0.25) is 9.48 Å². The molecule has 3 aromatic rings. The maximum atomic E-state index is 12.3.